The predicted octanol–water partition coefficient (Wildman–Crippen LogP) is 3.32. The SMILES string of the molecule is CCc1cc(CC(CNC)c2cccc(C)c2)n(CC)n1. The minimum atomic E-state index is 0.488. The number of nitrogens with one attached hydrogen (secondary N) is 1. The number of benzene rings is 1. The fourth-order valence-electron chi connectivity index (χ4n) is 2.86. The van der Waals surface area contributed by atoms with E-state index in [0.717, 1.165) is 25.9 Å². The lowest BCUT2D eigenvalue weighted by Gasteiger charge is -2.18. The minimum Gasteiger partial charge on any atom is -0.319 e. The van der Waals surface area contributed by atoms with Gasteiger partial charge in [0.2, 0.25) is 0 Å². The van der Waals surface area contributed by atoms with Crippen LogP contribution in [0.2, 0.25) is 0 Å². The molecule has 1 unspecified atom stereocenters. The third kappa shape index (κ3) is 3.94. The lowest BCUT2D eigenvalue weighted by atomic mass is 9.93. The maximum atomic E-state index is 4.67. The molecule has 0 spiro atoms. The largest absolute Gasteiger partial charge is 0.319 e. The minimum absolute atomic E-state index is 0.488. The molecule has 3 heteroatoms. The van der Waals surface area contributed by atoms with Gasteiger partial charge >= 0.3 is 0 Å². The van der Waals surface area contributed by atoms with Crippen LogP contribution in [0.15, 0.2) is 30.3 Å². The van der Waals surface area contributed by atoms with Gasteiger partial charge in [0, 0.05) is 24.7 Å². The van der Waals surface area contributed by atoms with Crippen LogP contribution in [0, 0.1) is 6.92 Å². The first-order chi connectivity index (χ1) is 10.2. The maximum Gasteiger partial charge on any atom is 0.0624 e. The van der Waals surface area contributed by atoms with Gasteiger partial charge in [-0.15, -0.1) is 0 Å². The van der Waals surface area contributed by atoms with Crippen LogP contribution in [0.3, 0.4) is 0 Å². The van der Waals surface area contributed by atoms with Crippen LogP contribution >= 0.6 is 0 Å². The Hall–Kier alpha value is -1.61. The first-order valence-corrected chi connectivity index (χ1v) is 7.94. The Kier molecular flexibility index (Phi) is 5.57. The molecule has 1 aromatic carbocycles. The molecule has 2 aromatic rings. The average molecular weight is 285 g/mol. The van der Waals surface area contributed by atoms with Gasteiger partial charge < -0.3 is 5.32 Å². The second-order valence-electron chi connectivity index (χ2n) is 5.67. The van der Waals surface area contributed by atoms with Crippen molar-refractivity contribution in [3.05, 3.63) is 52.8 Å². The van der Waals surface area contributed by atoms with E-state index in [1.165, 1.54) is 22.5 Å². The van der Waals surface area contributed by atoms with Crippen LogP contribution in [-0.4, -0.2) is 23.4 Å². The molecule has 114 valence electrons. The van der Waals surface area contributed by atoms with Crippen LogP contribution in [0.5, 0.6) is 0 Å². The van der Waals surface area contributed by atoms with E-state index in [-0.39, 0.29) is 0 Å². The Bertz CT molecular complexity index is 572. The summed E-state index contributed by atoms with van der Waals surface area (Å²) in [6.07, 6.45) is 2.03. The second-order valence-corrected chi connectivity index (χ2v) is 5.67. The quantitative estimate of drug-likeness (QED) is 0.846. The van der Waals surface area contributed by atoms with Crippen LogP contribution in [0.1, 0.15) is 42.3 Å². The Labute approximate surface area is 128 Å². The van der Waals surface area contributed by atoms with Gasteiger partial charge in [-0.2, -0.15) is 5.10 Å². The summed E-state index contributed by atoms with van der Waals surface area (Å²) in [6, 6.07) is 11.1. The van der Waals surface area contributed by atoms with Gasteiger partial charge in [0.05, 0.1) is 5.69 Å². The predicted molar refractivity (Wildman–Crippen MR) is 88.8 cm³/mol. The summed E-state index contributed by atoms with van der Waals surface area (Å²) in [4.78, 5) is 0. The smallest absolute Gasteiger partial charge is 0.0624 e. The van der Waals surface area contributed by atoms with E-state index in [1.54, 1.807) is 0 Å². The lowest BCUT2D eigenvalue weighted by molar-refractivity contribution is 0.562. The molecule has 1 atom stereocenters. The molecular formula is C18H27N3. The van der Waals surface area contributed by atoms with Gasteiger partial charge in [-0.1, -0.05) is 36.8 Å². The summed E-state index contributed by atoms with van der Waals surface area (Å²) >= 11 is 0. The number of likely N-dealkylation sites (N-methyl/N-ethyl adjacent to an activating group) is 1. The maximum absolute atomic E-state index is 4.67. The van der Waals surface area contributed by atoms with Crippen molar-refractivity contribution in [1.82, 2.24) is 15.1 Å². The van der Waals surface area contributed by atoms with Gasteiger partial charge in [-0.25, -0.2) is 0 Å². The molecule has 0 aliphatic carbocycles. The van der Waals surface area contributed by atoms with Gasteiger partial charge in [-0.3, -0.25) is 4.68 Å². The summed E-state index contributed by atoms with van der Waals surface area (Å²) < 4.78 is 2.15. The molecule has 0 fully saturated rings. The molecule has 0 bridgehead atoms. The highest BCUT2D eigenvalue weighted by molar-refractivity contribution is 5.27. The standard InChI is InChI=1S/C18H27N3/c1-5-17-12-18(21(6-2)20-17)11-16(13-19-4)15-9-7-8-14(3)10-15/h7-10,12,16,19H,5-6,11,13H2,1-4H3. The van der Waals surface area contributed by atoms with Gasteiger partial charge in [0.1, 0.15) is 0 Å². The van der Waals surface area contributed by atoms with E-state index in [2.05, 4.69) is 66.2 Å². The zero-order valence-corrected chi connectivity index (χ0v) is 13.7. The van der Waals surface area contributed by atoms with Crippen molar-refractivity contribution in [2.24, 2.45) is 0 Å². The molecule has 21 heavy (non-hydrogen) atoms. The summed E-state index contributed by atoms with van der Waals surface area (Å²) in [5.74, 6) is 0.488. The fourth-order valence-corrected chi connectivity index (χ4v) is 2.86. The first kappa shape index (κ1) is 15.8. The van der Waals surface area contributed by atoms with E-state index < -0.39 is 0 Å². The number of aryl methyl sites for hydroxylation is 3. The highest BCUT2D eigenvalue weighted by atomic mass is 15.3. The Morgan fingerprint density at radius 3 is 2.67 bits per heavy atom. The van der Waals surface area contributed by atoms with Crippen molar-refractivity contribution in [2.45, 2.75) is 46.1 Å². The summed E-state index contributed by atoms with van der Waals surface area (Å²) in [5.41, 5.74) is 5.27. The molecule has 0 saturated heterocycles. The van der Waals surface area contributed by atoms with Crippen LogP contribution in [-0.2, 0) is 19.4 Å². The third-order valence-electron chi connectivity index (χ3n) is 4.00. The molecule has 1 aromatic heterocycles. The molecule has 0 amide bonds. The van der Waals surface area contributed by atoms with E-state index in [0.29, 0.717) is 5.92 Å². The van der Waals surface area contributed by atoms with Crippen LogP contribution < -0.4 is 5.32 Å². The zero-order chi connectivity index (χ0) is 15.2. The number of aromatic nitrogens is 2. The topological polar surface area (TPSA) is 29.9 Å². The molecular weight excluding hydrogens is 258 g/mol. The van der Waals surface area contributed by atoms with Crippen molar-refractivity contribution in [3.8, 4) is 0 Å². The Balaban J connectivity index is 2.25. The highest BCUT2D eigenvalue weighted by Crippen LogP contribution is 2.22. The Morgan fingerprint density at radius 1 is 1.24 bits per heavy atom. The van der Waals surface area contributed by atoms with E-state index in [1.807, 2.05) is 7.05 Å². The van der Waals surface area contributed by atoms with Crippen molar-refractivity contribution in [1.29, 1.82) is 0 Å². The van der Waals surface area contributed by atoms with Crippen molar-refractivity contribution in [3.63, 3.8) is 0 Å². The molecule has 0 radical (unpaired) electrons. The van der Waals surface area contributed by atoms with Crippen LogP contribution in [0.4, 0.5) is 0 Å². The van der Waals surface area contributed by atoms with E-state index >= 15 is 0 Å². The van der Waals surface area contributed by atoms with Crippen LogP contribution in [0.25, 0.3) is 0 Å². The van der Waals surface area contributed by atoms with Crippen molar-refractivity contribution in [2.75, 3.05) is 13.6 Å². The summed E-state index contributed by atoms with van der Waals surface area (Å²) in [6.45, 7) is 8.41. The molecule has 1 N–H and O–H groups in total. The van der Waals surface area contributed by atoms with E-state index in [9.17, 15) is 0 Å². The van der Waals surface area contributed by atoms with E-state index in [4.69, 9.17) is 0 Å². The zero-order valence-electron chi connectivity index (χ0n) is 13.7. The molecule has 0 aliphatic heterocycles. The third-order valence-corrected chi connectivity index (χ3v) is 4.00. The summed E-state index contributed by atoms with van der Waals surface area (Å²) in [5, 5.41) is 8.00. The Morgan fingerprint density at radius 2 is 2.05 bits per heavy atom. The van der Waals surface area contributed by atoms with Crippen molar-refractivity contribution >= 4 is 0 Å². The number of hydrogen-bond acceptors (Lipinski definition) is 2. The average Bonchev–Trinajstić information content (AvgIpc) is 2.89. The molecule has 3 nitrogen and oxygen atoms in total. The normalized spacial score (nSPS) is 12.6. The monoisotopic (exact) mass is 285 g/mol. The first-order valence-electron chi connectivity index (χ1n) is 7.94. The van der Waals surface area contributed by atoms with Gasteiger partial charge in [0.15, 0.2) is 0 Å². The summed E-state index contributed by atoms with van der Waals surface area (Å²) in [7, 11) is 2.03. The lowest BCUT2D eigenvalue weighted by Crippen LogP contribution is -2.20. The van der Waals surface area contributed by atoms with Gasteiger partial charge in [0.25, 0.3) is 0 Å². The molecule has 1 heterocycles. The van der Waals surface area contributed by atoms with Crippen molar-refractivity contribution < 1.29 is 0 Å². The number of hydrogen-bond donors (Lipinski definition) is 1. The molecule has 0 aliphatic rings. The molecule has 0 saturated carbocycles. The highest BCUT2D eigenvalue weighted by Gasteiger charge is 2.15. The number of nitrogens with zero attached hydrogens (tertiary/aromatic N) is 2. The molecule has 2 rings (SSSR count). The number of rotatable bonds is 7. The van der Waals surface area contributed by atoms with Gasteiger partial charge in [-0.05, 0) is 45.4 Å². The fraction of sp³-hybridized carbons (Fsp3) is 0.500. The second kappa shape index (κ2) is 7.41.